The number of nitrogens with one attached hydrogen (secondary N) is 2. The second-order valence-electron chi connectivity index (χ2n) is 6.89. The average molecular weight is 572 g/mol. The average Bonchev–Trinajstić information content (AvgIpc) is 3.28. The van der Waals surface area contributed by atoms with Gasteiger partial charge in [-0.3, -0.25) is 0 Å². The summed E-state index contributed by atoms with van der Waals surface area (Å²) in [5, 5.41) is 18.2. The van der Waals surface area contributed by atoms with E-state index in [1.165, 1.54) is 5.56 Å². The molecule has 9 heteroatoms. The zero-order chi connectivity index (χ0) is 21.4. The van der Waals surface area contributed by atoms with Crippen molar-refractivity contribution in [3.63, 3.8) is 0 Å². The van der Waals surface area contributed by atoms with Crippen LogP contribution in [0.5, 0.6) is 0 Å². The van der Waals surface area contributed by atoms with Crippen molar-refractivity contribution in [1.82, 2.24) is 5.32 Å². The third-order valence-corrected chi connectivity index (χ3v) is 7.58. The Morgan fingerprint density at radius 2 is 1.77 bits per heavy atom. The molecule has 6 nitrogen and oxygen atoms in total. The molecule has 1 heterocycles. The summed E-state index contributed by atoms with van der Waals surface area (Å²) < 4.78 is 25.0. The van der Waals surface area contributed by atoms with Crippen molar-refractivity contribution in [2.75, 3.05) is 17.6 Å². The summed E-state index contributed by atoms with van der Waals surface area (Å²) in [4.78, 5) is 4.57. The van der Waals surface area contributed by atoms with Crippen LogP contribution in [0, 0.1) is 6.92 Å². The Hall–Kier alpha value is -1.95. The molecule has 2 aromatic carbocycles. The molecule has 0 aliphatic heterocycles. The van der Waals surface area contributed by atoms with Crippen LogP contribution in [0.25, 0.3) is 0 Å². The number of thiophene rings is 1. The number of rotatable bonds is 8. The molecular weight excluding hydrogens is 545 g/mol. The Balaban J connectivity index is 0.00000341. The summed E-state index contributed by atoms with van der Waals surface area (Å²) in [5.41, 5.74) is 3.07. The van der Waals surface area contributed by atoms with Crippen molar-refractivity contribution in [2.45, 2.75) is 23.8 Å². The largest absolute Gasteiger partial charge is 0.390 e. The summed E-state index contributed by atoms with van der Waals surface area (Å²) in [5.74, 6) is 0.117. The van der Waals surface area contributed by atoms with Gasteiger partial charge in [-0.1, -0.05) is 54.1 Å². The highest BCUT2D eigenvalue weighted by Crippen LogP contribution is 2.18. The maximum absolute atomic E-state index is 12.4. The molecule has 0 fully saturated rings. The number of aliphatic hydroxyl groups is 1. The van der Waals surface area contributed by atoms with Gasteiger partial charge in [-0.2, -0.15) is 0 Å². The molecule has 3 rings (SSSR count). The number of anilines is 1. The van der Waals surface area contributed by atoms with E-state index in [4.69, 9.17) is 0 Å². The molecule has 166 valence electrons. The Kier molecular flexibility index (Phi) is 9.94. The van der Waals surface area contributed by atoms with Gasteiger partial charge in [0.05, 0.1) is 18.4 Å². The van der Waals surface area contributed by atoms with Crippen LogP contribution in [0.2, 0.25) is 0 Å². The SMILES string of the molecule is Cc1ccc(CN=C(NCC(O)CS(=O)(=O)c2cccs2)Nc2ccccc2)cc1.I. The van der Waals surface area contributed by atoms with E-state index in [9.17, 15) is 13.5 Å². The molecule has 3 aromatic rings. The predicted octanol–water partition coefficient (Wildman–Crippen LogP) is 4.07. The van der Waals surface area contributed by atoms with Gasteiger partial charge < -0.3 is 15.7 Å². The lowest BCUT2D eigenvalue weighted by Gasteiger charge is -2.16. The highest BCUT2D eigenvalue weighted by Gasteiger charge is 2.21. The fraction of sp³-hybridized carbons (Fsp3) is 0.227. The van der Waals surface area contributed by atoms with Crippen LogP contribution < -0.4 is 10.6 Å². The minimum Gasteiger partial charge on any atom is -0.390 e. The number of hydrogen-bond donors (Lipinski definition) is 3. The molecule has 0 spiro atoms. The number of nitrogens with zero attached hydrogens (tertiary/aromatic N) is 1. The van der Waals surface area contributed by atoms with Crippen molar-refractivity contribution in [3.8, 4) is 0 Å². The van der Waals surface area contributed by atoms with Crippen LogP contribution in [-0.4, -0.2) is 37.9 Å². The van der Waals surface area contributed by atoms with Crippen LogP contribution in [0.3, 0.4) is 0 Å². The van der Waals surface area contributed by atoms with Crippen molar-refractivity contribution in [3.05, 3.63) is 83.2 Å². The fourth-order valence-corrected chi connectivity index (χ4v) is 5.19. The maximum Gasteiger partial charge on any atom is 0.196 e. The number of hydrogen-bond acceptors (Lipinski definition) is 5. The molecule has 0 bridgehead atoms. The Morgan fingerprint density at radius 1 is 1.06 bits per heavy atom. The molecule has 0 amide bonds. The third-order valence-electron chi connectivity index (χ3n) is 4.30. The molecule has 0 aliphatic rings. The van der Waals surface area contributed by atoms with Gasteiger partial charge in [0.1, 0.15) is 4.21 Å². The second kappa shape index (κ2) is 12.2. The molecule has 0 aliphatic carbocycles. The number of sulfone groups is 1. The summed E-state index contributed by atoms with van der Waals surface area (Å²) in [6, 6.07) is 20.9. The van der Waals surface area contributed by atoms with Crippen molar-refractivity contribution in [1.29, 1.82) is 0 Å². The number of para-hydroxylation sites is 1. The summed E-state index contributed by atoms with van der Waals surface area (Å²) in [6.45, 7) is 2.53. The minimum atomic E-state index is -3.51. The lowest BCUT2D eigenvalue weighted by atomic mass is 10.1. The Morgan fingerprint density at radius 3 is 2.42 bits per heavy atom. The summed E-state index contributed by atoms with van der Waals surface area (Å²) in [7, 11) is -3.51. The van der Waals surface area contributed by atoms with Gasteiger partial charge in [0.2, 0.25) is 0 Å². The van der Waals surface area contributed by atoms with Crippen LogP contribution >= 0.6 is 35.3 Å². The first kappa shape index (κ1) is 25.3. The number of aliphatic hydroxyl groups excluding tert-OH is 1. The Labute approximate surface area is 204 Å². The third kappa shape index (κ3) is 8.24. The Bertz CT molecular complexity index is 1060. The molecule has 31 heavy (non-hydrogen) atoms. The molecule has 0 saturated carbocycles. The van der Waals surface area contributed by atoms with Gasteiger partial charge in [0.15, 0.2) is 15.8 Å². The minimum absolute atomic E-state index is 0. The van der Waals surface area contributed by atoms with Crippen LogP contribution in [0.1, 0.15) is 11.1 Å². The summed E-state index contributed by atoms with van der Waals surface area (Å²) in [6.07, 6.45) is -1.07. The molecule has 0 radical (unpaired) electrons. The molecule has 1 unspecified atom stereocenters. The molecule has 1 atom stereocenters. The van der Waals surface area contributed by atoms with Crippen molar-refractivity contribution < 1.29 is 13.5 Å². The molecule has 1 aromatic heterocycles. The topological polar surface area (TPSA) is 90.8 Å². The standard InChI is InChI=1S/C22H25N3O3S2.HI/c1-17-9-11-18(12-10-17)14-23-22(25-19-6-3-2-4-7-19)24-15-20(26)16-30(27,28)21-8-5-13-29-21;/h2-13,20,26H,14-16H2,1H3,(H2,23,24,25);1H. The predicted molar refractivity (Wildman–Crippen MR) is 138 cm³/mol. The van der Waals surface area contributed by atoms with E-state index < -0.39 is 15.9 Å². The van der Waals surface area contributed by atoms with Crippen LogP contribution in [0.15, 0.2) is 81.3 Å². The van der Waals surface area contributed by atoms with Crippen LogP contribution in [0.4, 0.5) is 5.69 Å². The van der Waals surface area contributed by atoms with E-state index in [1.807, 2.05) is 61.5 Å². The van der Waals surface area contributed by atoms with Gasteiger partial charge in [0.25, 0.3) is 0 Å². The monoisotopic (exact) mass is 571 g/mol. The number of aliphatic imine (C=N–C) groups is 1. The second-order valence-corrected chi connectivity index (χ2v) is 10.1. The van der Waals surface area contributed by atoms with Gasteiger partial charge in [-0.25, -0.2) is 13.4 Å². The van der Waals surface area contributed by atoms with E-state index in [1.54, 1.807) is 17.5 Å². The molecule has 0 saturated heterocycles. The summed E-state index contributed by atoms with van der Waals surface area (Å²) >= 11 is 1.15. The van der Waals surface area contributed by atoms with Gasteiger partial charge in [0, 0.05) is 12.2 Å². The number of halogens is 1. The smallest absolute Gasteiger partial charge is 0.196 e. The van der Waals surface area contributed by atoms with Crippen LogP contribution in [-0.2, 0) is 16.4 Å². The number of benzene rings is 2. The van der Waals surface area contributed by atoms with E-state index in [0.29, 0.717) is 12.5 Å². The molecular formula is C22H26IN3O3S2. The first-order valence-corrected chi connectivity index (χ1v) is 12.1. The normalized spacial score (nSPS) is 12.6. The zero-order valence-electron chi connectivity index (χ0n) is 17.1. The fourth-order valence-electron chi connectivity index (χ4n) is 2.71. The molecule has 3 N–H and O–H groups in total. The van der Waals surface area contributed by atoms with E-state index in [0.717, 1.165) is 22.6 Å². The number of aryl methyl sites for hydroxylation is 1. The number of guanidine groups is 1. The van der Waals surface area contributed by atoms with Gasteiger partial charge in [-0.15, -0.1) is 35.3 Å². The highest BCUT2D eigenvalue weighted by molar-refractivity contribution is 14.0. The van der Waals surface area contributed by atoms with Crippen molar-refractivity contribution in [2.24, 2.45) is 4.99 Å². The lowest BCUT2D eigenvalue weighted by molar-refractivity contribution is 0.200. The highest BCUT2D eigenvalue weighted by atomic mass is 127. The quantitative estimate of drug-likeness (QED) is 0.216. The first-order chi connectivity index (χ1) is 14.4. The maximum atomic E-state index is 12.4. The van der Waals surface area contributed by atoms with Crippen molar-refractivity contribution >= 4 is 56.8 Å². The zero-order valence-corrected chi connectivity index (χ0v) is 21.0. The first-order valence-electron chi connectivity index (χ1n) is 9.52. The van der Waals surface area contributed by atoms with E-state index >= 15 is 0 Å². The lowest BCUT2D eigenvalue weighted by Crippen LogP contribution is -2.39. The van der Waals surface area contributed by atoms with Gasteiger partial charge in [-0.05, 0) is 36.1 Å². The van der Waals surface area contributed by atoms with E-state index in [-0.39, 0.29) is 40.5 Å². The van der Waals surface area contributed by atoms with Gasteiger partial charge >= 0.3 is 0 Å². The van der Waals surface area contributed by atoms with E-state index in [2.05, 4.69) is 15.6 Å².